The number of rotatable bonds is 8. The number of nitrogens with zero attached hydrogens (tertiary/aromatic N) is 1. The van der Waals surface area contributed by atoms with E-state index in [0.717, 1.165) is 32.0 Å². The van der Waals surface area contributed by atoms with Crippen LogP contribution in [0.2, 0.25) is 0 Å². The summed E-state index contributed by atoms with van der Waals surface area (Å²) in [6.07, 6.45) is 3.62. The fourth-order valence-corrected chi connectivity index (χ4v) is 2.24. The fraction of sp³-hybridized carbons (Fsp3) is 0.625. The molecule has 1 rings (SSSR count). The van der Waals surface area contributed by atoms with Gasteiger partial charge in [0.2, 0.25) is 0 Å². The van der Waals surface area contributed by atoms with E-state index in [0.29, 0.717) is 0 Å². The van der Waals surface area contributed by atoms with E-state index in [4.69, 9.17) is 5.73 Å². The van der Waals surface area contributed by atoms with E-state index in [9.17, 15) is 0 Å². The molecule has 0 aliphatic carbocycles. The monoisotopic (exact) mass is 248 g/mol. The third-order valence-corrected chi connectivity index (χ3v) is 3.30. The maximum absolute atomic E-state index is 5.64. The zero-order chi connectivity index (χ0) is 13.4. The van der Waals surface area contributed by atoms with E-state index < -0.39 is 0 Å². The van der Waals surface area contributed by atoms with Crippen LogP contribution in [0.25, 0.3) is 0 Å². The maximum atomic E-state index is 5.64. The molecular formula is C16H28N2. The highest BCUT2D eigenvalue weighted by atomic mass is 15.1. The molecule has 2 nitrogen and oxygen atoms in total. The highest BCUT2D eigenvalue weighted by molar-refractivity contribution is 5.52. The van der Waals surface area contributed by atoms with E-state index in [1.807, 2.05) is 0 Å². The van der Waals surface area contributed by atoms with Crippen molar-refractivity contribution in [1.29, 1.82) is 0 Å². The molecule has 0 unspecified atom stereocenters. The van der Waals surface area contributed by atoms with Crippen molar-refractivity contribution in [3.63, 3.8) is 0 Å². The van der Waals surface area contributed by atoms with Crippen molar-refractivity contribution in [3.8, 4) is 0 Å². The van der Waals surface area contributed by atoms with Crippen LogP contribution in [0.5, 0.6) is 0 Å². The minimum atomic E-state index is 0.770. The molecule has 0 spiro atoms. The Bertz CT molecular complexity index is 334. The molecule has 0 radical (unpaired) electrons. The Hall–Kier alpha value is -1.02. The Morgan fingerprint density at radius 3 is 2.39 bits per heavy atom. The second-order valence-corrected chi connectivity index (χ2v) is 5.45. The van der Waals surface area contributed by atoms with Crippen LogP contribution in [0.4, 0.5) is 5.69 Å². The molecule has 0 aliphatic rings. The van der Waals surface area contributed by atoms with Gasteiger partial charge in [0, 0.05) is 18.8 Å². The first-order valence-corrected chi connectivity index (χ1v) is 7.15. The number of hydrogen-bond acceptors (Lipinski definition) is 2. The van der Waals surface area contributed by atoms with Crippen molar-refractivity contribution >= 4 is 5.69 Å². The van der Waals surface area contributed by atoms with Gasteiger partial charge in [-0.25, -0.2) is 0 Å². The van der Waals surface area contributed by atoms with Gasteiger partial charge in [-0.1, -0.05) is 32.0 Å². The summed E-state index contributed by atoms with van der Waals surface area (Å²) in [4.78, 5) is 2.49. The number of aryl methyl sites for hydroxylation is 1. The first kappa shape index (κ1) is 15.0. The Morgan fingerprint density at radius 1 is 1.11 bits per heavy atom. The van der Waals surface area contributed by atoms with Gasteiger partial charge in [-0.15, -0.1) is 0 Å². The number of para-hydroxylation sites is 1. The lowest BCUT2D eigenvalue weighted by atomic mass is 10.1. The smallest absolute Gasteiger partial charge is 0.0395 e. The Labute approximate surface area is 112 Å². The van der Waals surface area contributed by atoms with Gasteiger partial charge in [-0.2, -0.15) is 0 Å². The minimum Gasteiger partial charge on any atom is -0.371 e. The van der Waals surface area contributed by atoms with Gasteiger partial charge in [0.25, 0.3) is 0 Å². The third kappa shape index (κ3) is 5.09. The molecule has 2 heteroatoms. The van der Waals surface area contributed by atoms with E-state index >= 15 is 0 Å². The van der Waals surface area contributed by atoms with Crippen LogP contribution in [0.1, 0.15) is 38.7 Å². The topological polar surface area (TPSA) is 29.3 Å². The lowest BCUT2D eigenvalue weighted by Gasteiger charge is -2.26. The molecule has 0 aliphatic heterocycles. The SMILES string of the molecule is Cc1ccccc1N(CCCN)CCCC(C)C. The quantitative estimate of drug-likeness (QED) is 0.762. The summed E-state index contributed by atoms with van der Waals surface area (Å²) < 4.78 is 0. The zero-order valence-corrected chi connectivity index (χ0v) is 12.2. The number of anilines is 1. The molecule has 0 amide bonds. The molecule has 0 saturated heterocycles. The molecular weight excluding hydrogens is 220 g/mol. The fourth-order valence-electron chi connectivity index (χ4n) is 2.24. The second kappa shape index (κ2) is 8.15. The molecule has 0 fully saturated rings. The van der Waals surface area contributed by atoms with Crippen molar-refractivity contribution in [1.82, 2.24) is 0 Å². The zero-order valence-electron chi connectivity index (χ0n) is 12.2. The highest BCUT2D eigenvalue weighted by Crippen LogP contribution is 2.20. The van der Waals surface area contributed by atoms with Gasteiger partial charge in [0.05, 0.1) is 0 Å². The van der Waals surface area contributed by atoms with Gasteiger partial charge in [-0.3, -0.25) is 0 Å². The molecule has 102 valence electrons. The maximum Gasteiger partial charge on any atom is 0.0395 e. The average Bonchev–Trinajstić information content (AvgIpc) is 2.34. The summed E-state index contributed by atoms with van der Waals surface area (Å²) in [5.41, 5.74) is 8.37. The predicted octanol–water partition coefficient (Wildman–Crippen LogP) is 3.59. The van der Waals surface area contributed by atoms with Gasteiger partial charge >= 0.3 is 0 Å². The Kier molecular flexibility index (Phi) is 6.81. The number of nitrogens with two attached hydrogens (primary N) is 1. The molecule has 0 saturated carbocycles. The number of hydrogen-bond donors (Lipinski definition) is 1. The first-order valence-electron chi connectivity index (χ1n) is 7.15. The van der Waals surface area contributed by atoms with Crippen molar-refractivity contribution in [3.05, 3.63) is 29.8 Å². The van der Waals surface area contributed by atoms with Crippen molar-refractivity contribution in [2.24, 2.45) is 11.7 Å². The van der Waals surface area contributed by atoms with Gasteiger partial charge < -0.3 is 10.6 Å². The van der Waals surface area contributed by atoms with E-state index in [1.54, 1.807) is 0 Å². The van der Waals surface area contributed by atoms with Gasteiger partial charge in [0.1, 0.15) is 0 Å². The molecule has 0 atom stereocenters. The van der Waals surface area contributed by atoms with Crippen LogP contribution < -0.4 is 10.6 Å². The highest BCUT2D eigenvalue weighted by Gasteiger charge is 2.08. The molecule has 18 heavy (non-hydrogen) atoms. The van der Waals surface area contributed by atoms with Crippen LogP contribution in [-0.4, -0.2) is 19.6 Å². The average molecular weight is 248 g/mol. The summed E-state index contributed by atoms with van der Waals surface area (Å²) in [5, 5.41) is 0. The summed E-state index contributed by atoms with van der Waals surface area (Å²) in [7, 11) is 0. The molecule has 0 heterocycles. The summed E-state index contributed by atoms with van der Waals surface area (Å²) in [6, 6.07) is 8.64. The van der Waals surface area contributed by atoms with Crippen LogP contribution in [0.3, 0.4) is 0 Å². The van der Waals surface area contributed by atoms with Crippen LogP contribution >= 0.6 is 0 Å². The summed E-state index contributed by atoms with van der Waals surface area (Å²) in [6.45, 7) is 9.75. The van der Waals surface area contributed by atoms with Gasteiger partial charge in [0.15, 0.2) is 0 Å². The van der Waals surface area contributed by atoms with Gasteiger partial charge in [-0.05, 0) is 50.3 Å². The van der Waals surface area contributed by atoms with E-state index in [-0.39, 0.29) is 0 Å². The lowest BCUT2D eigenvalue weighted by molar-refractivity contribution is 0.547. The normalized spacial score (nSPS) is 10.9. The largest absolute Gasteiger partial charge is 0.371 e. The molecule has 1 aromatic rings. The Balaban J connectivity index is 2.62. The van der Waals surface area contributed by atoms with E-state index in [2.05, 4.69) is 49.9 Å². The minimum absolute atomic E-state index is 0.770. The summed E-state index contributed by atoms with van der Waals surface area (Å²) >= 11 is 0. The van der Waals surface area contributed by atoms with Crippen LogP contribution in [0.15, 0.2) is 24.3 Å². The van der Waals surface area contributed by atoms with Crippen molar-refractivity contribution in [2.75, 3.05) is 24.5 Å². The standard InChI is InChI=1S/C16H28N2/c1-14(2)8-6-12-18(13-7-11-17)16-10-5-4-9-15(16)3/h4-5,9-10,14H,6-8,11-13,17H2,1-3H3. The number of benzene rings is 1. The Morgan fingerprint density at radius 2 is 1.78 bits per heavy atom. The predicted molar refractivity (Wildman–Crippen MR) is 81.1 cm³/mol. The molecule has 2 N–H and O–H groups in total. The molecule has 0 aromatic heterocycles. The van der Waals surface area contributed by atoms with Crippen molar-refractivity contribution in [2.45, 2.75) is 40.0 Å². The van der Waals surface area contributed by atoms with E-state index in [1.165, 1.54) is 24.1 Å². The molecule has 0 bridgehead atoms. The summed E-state index contributed by atoms with van der Waals surface area (Å²) in [5.74, 6) is 0.790. The first-order chi connectivity index (χ1) is 8.65. The third-order valence-electron chi connectivity index (χ3n) is 3.30. The van der Waals surface area contributed by atoms with Crippen LogP contribution in [0, 0.1) is 12.8 Å². The van der Waals surface area contributed by atoms with Crippen LogP contribution in [-0.2, 0) is 0 Å². The van der Waals surface area contributed by atoms with Crippen molar-refractivity contribution < 1.29 is 0 Å². The lowest BCUT2D eigenvalue weighted by Crippen LogP contribution is -2.28. The second-order valence-electron chi connectivity index (χ2n) is 5.45. The molecule has 1 aromatic carbocycles.